The van der Waals surface area contributed by atoms with Gasteiger partial charge >= 0.3 is 0 Å². The molecule has 5 rings (SSSR count). The maximum Gasteiger partial charge on any atom is 0.137 e. The molecule has 3 aromatic carbocycles. The van der Waals surface area contributed by atoms with E-state index in [0.717, 1.165) is 92.1 Å². The third-order valence-electron chi connectivity index (χ3n) is 7.72. The number of anilines is 2. The molecule has 5 aromatic rings. The van der Waals surface area contributed by atoms with Gasteiger partial charge in [-0.1, -0.05) is 61.9 Å². The van der Waals surface area contributed by atoms with Gasteiger partial charge in [0.05, 0.1) is 17.6 Å². The molecular formula is C36H44N6O. The van der Waals surface area contributed by atoms with Gasteiger partial charge in [-0.15, -0.1) is 0 Å². The quantitative estimate of drug-likeness (QED) is 0.104. The van der Waals surface area contributed by atoms with Crippen LogP contribution >= 0.6 is 0 Å². The Kier molecular flexibility index (Phi) is 11.5. The number of unbranched alkanes of at least 4 members (excludes halogenated alkanes) is 1. The van der Waals surface area contributed by atoms with E-state index in [2.05, 4.69) is 98.1 Å². The van der Waals surface area contributed by atoms with Crippen LogP contribution < -0.4 is 15.4 Å². The van der Waals surface area contributed by atoms with E-state index < -0.39 is 0 Å². The van der Waals surface area contributed by atoms with E-state index in [4.69, 9.17) is 4.74 Å². The summed E-state index contributed by atoms with van der Waals surface area (Å²) in [6, 6.07) is 27.1. The van der Waals surface area contributed by atoms with E-state index in [-0.39, 0.29) is 0 Å². The van der Waals surface area contributed by atoms with Crippen molar-refractivity contribution in [2.75, 3.05) is 50.0 Å². The number of benzene rings is 3. The summed E-state index contributed by atoms with van der Waals surface area (Å²) in [5.41, 5.74) is 4.45. The van der Waals surface area contributed by atoms with Crippen LogP contribution in [0.3, 0.4) is 0 Å². The molecule has 7 nitrogen and oxygen atoms in total. The number of nitrogens with zero attached hydrogens (tertiary/aromatic N) is 4. The molecule has 0 aliphatic rings. The highest BCUT2D eigenvalue weighted by molar-refractivity contribution is 5.91. The summed E-state index contributed by atoms with van der Waals surface area (Å²) in [6.45, 7) is 7.98. The summed E-state index contributed by atoms with van der Waals surface area (Å²) in [5.74, 6) is 1.73. The van der Waals surface area contributed by atoms with Crippen molar-refractivity contribution in [3.63, 3.8) is 0 Å². The normalized spacial score (nSPS) is 11.3. The van der Waals surface area contributed by atoms with Crippen molar-refractivity contribution in [2.24, 2.45) is 0 Å². The third kappa shape index (κ3) is 9.13. The predicted molar refractivity (Wildman–Crippen MR) is 179 cm³/mol. The molecule has 0 aliphatic carbocycles. The highest BCUT2D eigenvalue weighted by Crippen LogP contribution is 2.24. The first kappa shape index (κ1) is 30.2. The van der Waals surface area contributed by atoms with Gasteiger partial charge in [-0.2, -0.15) is 0 Å². The van der Waals surface area contributed by atoms with E-state index >= 15 is 0 Å². The molecule has 0 atom stereocenters. The van der Waals surface area contributed by atoms with Gasteiger partial charge in [0.2, 0.25) is 0 Å². The Morgan fingerprint density at radius 1 is 0.698 bits per heavy atom. The van der Waals surface area contributed by atoms with Crippen LogP contribution in [0.4, 0.5) is 11.5 Å². The number of para-hydroxylation sites is 1. The Morgan fingerprint density at radius 2 is 1.51 bits per heavy atom. The number of ether oxygens (including phenoxy) is 1. The average Bonchev–Trinajstić information content (AvgIpc) is 3.06. The summed E-state index contributed by atoms with van der Waals surface area (Å²) in [4.78, 5) is 16.0. The van der Waals surface area contributed by atoms with Crippen molar-refractivity contribution < 1.29 is 4.74 Å². The number of rotatable bonds is 18. The van der Waals surface area contributed by atoms with Gasteiger partial charge in [0.25, 0.3) is 0 Å². The van der Waals surface area contributed by atoms with Crippen LogP contribution in [0.1, 0.15) is 44.6 Å². The molecule has 7 heteroatoms. The zero-order valence-corrected chi connectivity index (χ0v) is 25.3. The Hall–Kier alpha value is -4.23. The number of fused-ring (bicyclic) bond motifs is 2. The number of hydrogen-bond donors (Lipinski definition) is 2. The second-order valence-electron chi connectivity index (χ2n) is 11.0. The number of nitrogens with one attached hydrogen (secondary N) is 2. The molecule has 0 fully saturated rings. The molecule has 0 amide bonds. The zero-order valence-electron chi connectivity index (χ0n) is 25.3. The predicted octanol–water partition coefficient (Wildman–Crippen LogP) is 7.60. The van der Waals surface area contributed by atoms with Crippen LogP contribution in [-0.2, 0) is 6.42 Å². The minimum absolute atomic E-state index is 0.686. The molecule has 0 aliphatic heterocycles. The van der Waals surface area contributed by atoms with Crippen LogP contribution in [0, 0.1) is 0 Å². The maximum absolute atomic E-state index is 6.16. The average molecular weight is 577 g/mol. The fourth-order valence-electron chi connectivity index (χ4n) is 5.38. The van der Waals surface area contributed by atoms with Crippen molar-refractivity contribution in [1.82, 2.24) is 19.9 Å². The molecule has 43 heavy (non-hydrogen) atoms. The van der Waals surface area contributed by atoms with Crippen molar-refractivity contribution in [1.29, 1.82) is 0 Å². The van der Waals surface area contributed by atoms with E-state index in [1.165, 1.54) is 23.8 Å². The van der Waals surface area contributed by atoms with Crippen LogP contribution in [0.5, 0.6) is 5.75 Å². The summed E-state index contributed by atoms with van der Waals surface area (Å²) in [6.07, 6.45) is 10.1. The molecular weight excluding hydrogens is 532 g/mol. The molecule has 0 saturated heterocycles. The SMILES string of the molecule is CCCCN(CCCNc1ccnc2ccccc12)CCCOc1ccc2c(NCCCc3ccccc3)ncnc2c1. The minimum atomic E-state index is 0.686. The van der Waals surface area contributed by atoms with E-state index in [9.17, 15) is 0 Å². The van der Waals surface area contributed by atoms with Gasteiger partial charge in [-0.25, -0.2) is 9.97 Å². The van der Waals surface area contributed by atoms with Crippen LogP contribution in [0.2, 0.25) is 0 Å². The molecule has 224 valence electrons. The fraction of sp³-hybridized carbons (Fsp3) is 0.361. The molecule has 0 radical (unpaired) electrons. The molecule has 0 spiro atoms. The van der Waals surface area contributed by atoms with Crippen molar-refractivity contribution in [3.05, 3.63) is 97.0 Å². The zero-order chi connectivity index (χ0) is 29.5. The van der Waals surface area contributed by atoms with Crippen LogP contribution in [0.25, 0.3) is 21.8 Å². The maximum atomic E-state index is 6.16. The lowest BCUT2D eigenvalue weighted by molar-refractivity contribution is 0.231. The summed E-state index contributed by atoms with van der Waals surface area (Å²) in [5, 5.41) is 9.31. The Morgan fingerprint density at radius 3 is 2.42 bits per heavy atom. The Balaban J connectivity index is 1.05. The Bertz CT molecular complexity index is 1540. The second kappa shape index (κ2) is 16.4. The first-order valence-electron chi connectivity index (χ1n) is 15.8. The molecule has 0 saturated carbocycles. The lowest BCUT2D eigenvalue weighted by Crippen LogP contribution is -2.29. The molecule has 2 aromatic heterocycles. The standard InChI is InChI=1S/C36H44N6O/c1-2-3-23-42(24-10-21-37-34-19-22-38-33-16-8-7-15-31(33)34)25-11-26-43-30-17-18-32-35(27-30)40-28-41-36(32)39-20-9-14-29-12-5-4-6-13-29/h4-8,12-13,15-19,22,27-28H,2-3,9-11,14,20-21,23-26H2,1H3,(H,37,38)(H,39,40,41). The van der Waals surface area contributed by atoms with Crippen LogP contribution in [0.15, 0.2) is 91.4 Å². The van der Waals surface area contributed by atoms with Gasteiger partial charge in [0.15, 0.2) is 0 Å². The van der Waals surface area contributed by atoms with Gasteiger partial charge < -0.3 is 20.3 Å². The van der Waals surface area contributed by atoms with Crippen molar-refractivity contribution in [3.8, 4) is 5.75 Å². The molecule has 2 N–H and O–H groups in total. The summed E-state index contributed by atoms with van der Waals surface area (Å²) < 4.78 is 6.16. The largest absolute Gasteiger partial charge is 0.493 e. The smallest absolute Gasteiger partial charge is 0.137 e. The van der Waals surface area contributed by atoms with Crippen molar-refractivity contribution >= 4 is 33.3 Å². The Labute approximate surface area is 255 Å². The lowest BCUT2D eigenvalue weighted by atomic mass is 10.1. The van der Waals surface area contributed by atoms with E-state index in [1.807, 2.05) is 24.4 Å². The number of aromatic nitrogens is 3. The van der Waals surface area contributed by atoms with Gasteiger partial charge in [0, 0.05) is 48.4 Å². The van der Waals surface area contributed by atoms with E-state index in [1.54, 1.807) is 6.33 Å². The molecule has 0 bridgehead atoms. The number of hydrogen-bond acceptors (Lipinski definition) is 7. The number of pyridine rings is 1. The lowest BCUT2D eigenvalue weighted by Gasteiger charge is -2.22. The first-order valence-corrected chi connectivity index (χ1v) is 15.8. The summed E-state index contributed by atoms with van der Waals surface area (Å²) in [7, 11) is 0. The van der Waals surface area contributed by atoms with Gasteiger partial charge in [0.1, 0.15) is 17.9 Å². The fourth-order valence-corrected chi connectivity index (χ4v) is 5.38. The number of aryl methyl sites for hydroxylation is 1. The molecule has 0 unspecified atom stereocenters. The minimum Gasteiger partial charge on any atom is -0.493 e. The van der Waals surface area contributed by atoms with Crippen molar-refractivity contribution in [2.45, 2.75) is 45.4 Å². The highest BCUT2D eigenvalue weighted by atomic mass is 16.5. The van der Waals surface area contributed by atoms with Gasteiger partial charge in [-0.3, -0.25) is 4.98 Å². The summed E-state index contributed by atoms with van der Waals surface area (Å²) >= 11 is 0. The third-order valence-corrected chi connectivity index (χ3v) is 7.72. The molecule has 2 heterocycles. The van der Waals surface area contributed by atoms with Gasteiger partial charge in [-0.05, 0) is 75.0 Å². The van der Waals surface area contributed by atoms with Crippen LogP contribution in [-0.4, -0.2) is 59.2 Å². The first-order chi connectivity index (χ1) is 21.3. The monoisotopic (exact) mass is 576 g/mol. The highest BCUT2D eigenvalue weighted by Gasteiger charge is 2.08. The second-order valence-corrected chi connectivity index (χ2v) is 11.0. The van der Waals surface area contributed by atoms with E-state index in [0.29, 0.717) is 6.61 Å². The topological polar surface area (TPSA) is 75.2 Å².